The van der Waals surface area contributed by atoms with Gasteiger partial charge in [-0.2, -0.15) is 74.6 Å². The number of carbonyl (C=O) groups excluding carboxylic acids is 1. The Kier molecular flexibility index (Phi) is 12.0. The van der Waals surface area contributed by atoms with Gasteiger partial charge in [0.1, 0.15) is 0 Å². The zero-order valence-electron chi connectivity index (χ0n) is 26.4. The summed E-state index contributed by atoms with van der Waals surface area (Å²) in [6.07, 6.45) is 4.16. The van der Waals surface area contributed by atoms with E-state index in [-0.39, 0.29) is 5.92 Å². The summed E-state index contributed by atoms with van der Waals surface area (Å²) in [6, 6.07) is 2.82. The van der Waals surface area contributed by atoms with Gasteiger partial charge in [0.15, 0.2) is 0 Å². The average molecular weight is 759 g/mol. The highest BCUT2D eigenvalue weighted by atomic mass is 19.4. The van der Waals surface area contributed by atoms with Crippen LogP contribution >= 0.6 is 0 Å². The molecule has 0 saturated heterocycles. The molecular formula is C32H35F17O. The Hall–Kier alpha value is -2.30. The molecule has 0 N–H and O–H groups in total. The van der Waals surface area contributed by atoms with Crippen LogP contribution in [0.5, 0.6) is 0 Å². The Morgan fingerprint density at radius 2 is 0.940 bits per heavy atom. The van der Waals surface area contributed by atoms with Crippen molar-refractivity contribution in [3.8, 4) is 0 Å². The maximum Gasteiger partial charge on any atom is 0.460 e. The van der Waals surface area contributed by atoms with E-state index < -0.39 is 59.0 Å². The fraction of sp³-hybridized carbons (Fsp3) is 0.781. The molecule has 1 aromatic rings. The topological polar surface area (TPSA) is 17.1 Å². The fourth-order valence-electron chi connectivity index (χ4n) is 6.95. The number of hydrogen-bond donors (Lipinski definition) is 0. The van der Waals surface area contributed by atoms with Crippen LogP contribution in [0.1, 0.15) is 106 Å². The first-order valence-corrected chi connectivity index (χ1v) is 16.0. The SMILES string of the molecule is CCCCC[C@H]1CC[C@H](C2CCC(c3ccc(C(=O)C(F)(F)C(F)(F)C(F)(F)C(F)(F)C(F)(F)C(F)(F)C(F)(F)C(F)(F)F)cc3)CC2)CC1. The minimum Gasteiger partial charge on any atom is -0.287 e. The highest BCUT2D eigenvalue weighted by Crippen LogP contribution is 2.64. The molecule has 2 aliphatic rings. The van der Waals surface area contributed by atoms with E-state index in [4.69, 9.17) is 0 Å². The maximum absolute atomic E-state index is 14.5. The summed E-state index contributed by atoms with van der Waals surface area (Å²) in [5.74, 6) is -59.9. The van der Waals surface area contributed by atoms with Gasteiger partial charge in [0.05, 0.1) is 0 Å². The van der Waals surface area contributed by atoms with E-state index in [1.165, 1.54) is 19.3 Å². The second-order valence-corrected chi connectivity index (χ2v) is 13.4. The first-order chi connectivity index (χ1) is 22.6. The largest absolute Gasteiger partial charge is 0.460 e. The van der Waals surface area contributed by atoms with Crippen molar-refractivity contribution in [2.75, 3.05) is 0 Å². The van der Waals surface area contributed by atoms with Gasteiger partial charge in [-0.15, -0.1) is 0 Å². The third-order valence-electron chi connectivity index (χ3n) is 10.2. The van der Waals surface area contributed by atoms with Crippen molar-refractivity contribution in [2.24, 2.45) is 17.8 Å². The first-order valence-electron chi connectivity index (χ1n) is 16.0. The van der Waals surface area contributed by atoms with Crippen LogP contribution in [-0.2, 0) is 0 Å². The number of unbranched alkanes of at least 4 members (excludes halogenated alkanes) is 2. The van der Waals surface area contributed by atoms with Gasteiger partial charge in [0.25, 0.3) is 0 Å². The van der Waals surface area contributed by atoms with Gasteiger partial charge in [-0.05, 0) is 67.8 Å². The van der Waals surface area contributed by atoms with E-state index >= 15 is 0 Å². The van der Waals surface area contributed by atoms with Crippen LogP contribution in [0.3, 0.4) is 0 Å². The Bertz CT molecular complexity index is 1290. The Morgan fingerprint density at radius 1 is 0.540 bits per heavy atom. The number of halogens is 17. The average Bonchev–Trinajstić information content (AvgIpc) is 3.04. The van der Waals surface area contributed by atoms with Gasteiger partial charge in [-0.3, -0.25) is 4.79 Å². The number of carbonyl (C=O) groups is 1. The lowest BCUT2D eigenvalue weighted by molar-refractivity contribution is -0.459. The van der Waals surface area contributed by atoms with E-state index in [2.05, 4.69) is 6.92 Å². The fourth-order valence-corrected chi connectivity index (χ4v) is 6.95. The van der Waals surface area contributed by atoms with E-state index in [0.29, 0.717) is 48.3 Å². The van der Waals surface area contributed by atoms with Crippen molar-refractivity contribution >= 4 is 5.78 Å². The summed E-state index contributed by atoms with van der Waals surface area (Å²) >= 11 is 0. The molecule has 0 aromatic heterocycles. The quantitative estimate of drug-likeness (QED) is 0.105. The summed E-state index contributed by atoms with van der Waals surface area (Å²) in [4.78, 5) is 12.2. The van der Waals surface area contributed by atoms with Crippen molar-refractivity contribution in [1.29, 1.82) is 0 Å². The zero-order valence-corrected chi connectivity index (χ0v) is 26.4. The monoisotopic (exact) mass is 758 g/mol. The zero-order chi connectivity index (χ0) is 38.4. The lowest BCUT2D eigenvalue weighted by Crippen LogP contribution is -2.75. The van der Waals surface area contributed by atoms with E-state index in [0.717, 1.165) is 57.1 Å². The number of rotatable bonds is 14. The maximum atomic E-state index is 14.5. The van der Waals surface area contributed by atoms with Crippen molar-refractivity contribution in [2.45, 2.75) is 138 Å². The molecule has 0 atom stereocenters. The van der Waals surface area contributed by atoms with Crippen LogP contribution in [0.2, 0.25) is 0 Å². The van der Waals surface area contributed by atoms with Gasteiger partial charge in [0, 0.05) is 5.56 Å². The molecule has 2 aliphatic carbocycles. The molecule has 1 nitrogen and oxygen atoms in total. The second kappa shape index (κ2) is 14.3. The van der Waals surface area contributed by atoms with Crippen LogP contribution in [0.4, 0.5) is 74.6 Å². The molecule has 50 heavy (non-hydrogen) atoms. The summed E-state index contributed by atoms with van der Waals surface area (Å²) in [6.45, 7) is 2.14. The normalized spacial score (nSPS) is 24.0. The van der Waals surface area contributed by atoms with Crippen LogP contribution in [0, 0.1) is 17.8 Å². The molecule has 3 rings (SSSR count). The highest BCUT2D eigenvalue weighted by Gasteiger charge is 2.95. The Morgan fingerprint density at radius 3 is 1.36 bits per heavy atom. The third kappa shape index (κ3) is 7.06. The first kappa shape index (κ1) is 42.1. The summed E-state index contributed by atoms with van der Waals surface area (Å²) < 4.78 is 231. The standard InChI is InChI=1S/C32H35F17O/c1-2-3-4-5-18-6-8-19(9-7-18)20-10-12-21(13-11-20)22-14-16-23(17-15-22)24(50)25(33,34)26(35,36)27(37,38)28(39,40)29(41,42)30(43,44)31(45,46)32(47,48)49/h14-21H,2-13H2,1H3/t18-,19-,20?,21?. The predicted octanol–water partition coefficient (Wildman–Crippen LogP) is 12.5. The van der Waals surface area contributed by atoms with Crippen LogP contribution in [0.25, 0.3) is 0 Å². The minimum absolute atomic E-state index is 0.204. The van der Waals surface area contributed by atoms with Crippen molar-refractivity contribution in [3.63, 3.8) is 0 Å². The second-order valence-electron chi connectivity index (χ2n) is 13.4. The van der Waals surface area contributed by atoms with Crippen LogP contribution < -0.4 is 0 Å². The molecule has 0 radical (unpaired) electrons. The van der Waals surface area contributed by atoms with Gasteiger partial charge in [-0.25, -0.2) is 0 Å². The molecule has 2 fully saturated rings. The molecule has 288 valence electrons. The number of Topliss-reactive ketones (excluding diaryl/α,β-unsaturated/α-hetero) is 1. The number of hydrogen-bond acceptors (Lipinski definition) is 1. The smallest absolute Gasteiger partial charge is 0.287 e. The molecule has 0 bridgehead atoms. The summed E-state index contributed by atoms with van der Waals surface area (Å²) in [7, 11) is 0. The van der Waals surface area contributed by atoms with Gasteiger partial charge in [0.2, 0.25) is 5.78 Å². The van der Waals surface area contributed by atoms with E-state index in [1.54, 1.807) is 0 Å². The number of ketones is 1. The molecule has 2 saturated carbocycles. The summed E-state index contributed by atoms with van der Waals surface area (Å²) in [5.41, 5.74) is -1.14. The Balaban J connectivity index is 1.73. The molecule has 0 aliphatic heterocycles. The van der Waals surface area contributed by atoms with Gasteiger partial charge >= 0.3 is 47.6 Å². The molecule has 0 heterocycles. The van der Waals surface area contributed by atoms with Crippen LogP contribution in [-0.4, -0.2) is 53.4 Å². The minimum atomic E-state index is -8.74. The molecule has 0 amide bonds. The predicted molar refractivity (Wildman–Crippen MR) is 146 cm³/mol. The van der Waals surface area contributed by atoms with E-state index in [1.807, 2.05) is 0 Å². The van der Waals surface area contributed by atoms with Crippen LogP contribution in [0.15, 0.2) is 24.3 Å². The molecule has 0 spiro atoms. The highest BCUT2D eigenvalue weighted by molar-refractivity contribution is 6.02. The Labute approximate surface area is 276 Å². The summed E-state index contributed by atoms with van der Waals surface area (Å²) in [5, 5.41) is 0. The van der Waals surface area contributed by atoms with Crippen molar-refractivity contribution in [3.05, 3.63) is 35.4 Å². The molecular weight excluding hydrogens is 723 g/mol. The third-order valence-corrected chi connectivity index (χ3v) is 10.2. The van der Waals surface area contributed by atoms with Gasteiger partial charge < -0.3 is 0 Å². The number of benzene rings is 1. The lowest BCUT2D eigenvalue weighted by atomic mass is 9.68. The number of alkyl halides is 17. The molecule has 1 aromatic carbocycles. The van der Waals surface area contributed by atoms with Gasteiger partial charge in [-0.1, -0.05) is 69.7 Å². The molecule has 0 unspecified atom stereocenters. The van der Waals surface area contributed by atoms with Crippen molar-refractivity contribution in [1.82, 2.24) is 0 Å². The molecule has 18 heteroatoms. The van der Waals surface area contributed by atoms with E-state index in [9.17, 15) is 79.4 Å². The lowest BCUT2D eigenvalue weighted by Gasteiger charge is -2.42. The van der Waals surface area contributed by atoms with Crippen molar-refractivity contribution < 1.29 is 79.4 Å².